The Morgan fingerprint density at radius 1 is 0.955 bits per heavy atom. The average molecular weight is 601 g/mol. The number of aliphatic carboxylic acids is 1. The molecule has 2 heterocycles. The first-order valence-electron chi connectivity index (χ1n) is 15.2. The Morgan fingerprint density at radius 2 is 1.70 bits per heavy atom. The fourth-order valence-electron chi connectivity index (χ4n) is 8.13. The SMILES string of the molecule is COc1cccc(C2C3=CCC4C(=O)N(CCCCCC(=O)O)C(=O)C4C3CC3C(=O)N(c4ccccc4)C(=O)C32C)c1O. The number of carbonyl (C=O) groups excluding carboxylic acids is 4. The van der Waals surface area contributed by atoms with Gasteiger partial charge in [-0.1, -0.05) is 48.4 Å². The lowest BCUT2D eigenvalue weighted by molar-refractivity contribution is -0.141. The molecule has 230 valence electrons. The number of carboxylic acid groups (broad SMARTS) is 1. The van der Waals surface area contributed by atoms with E-state index in [1.54, 1.807) is 55.5 Å². The highest BCUT2D eigenvalue weighted by Gasteiger charge is 2.67. The van der Waals surface area contributed by atoms with Crippen LogP contribution in [-0.4, -0.2) is 58.4 Å². The number of rotatable bonds is 9. The van der Waals surface area contributed by atoms with Crippen LogP contribution in [-0.2, 0) is 24.0 Å². The Hall–Kier alpha value is -4.47. The van der Waals surface area contributed by atoms with Crippen molar-refractivity contribution < 1.29 is 38.9 Å². The summed E-state index contributed by atoms with van der Waals surface area (Å²) >= 11 is 0. The Bertz CT molecular complexity index is 1570. The number of amides is 4. The van der Waals surface area contributed by atoms with Crippen LogP contribution in [0, 0.1) is 29.1 Å². The van der Waals surface area contributed by atoms with E-state index >= 15 is 0 Å². The molecule has 2 aliphatic heterocycles. The smallest absolute Gasteiger partial charge is 0.303 e. The van der Waals surface area contributed by atoms with Gasteiger partial charge in [-0.25, -0.2) is 4.90 Å². The summed E-state index contributed by atoms with van der Waals surface area (Å²) in [6.07, 6.45) is 4.07. The van der Waals surface area contributed by atoms with Gasteiger partial charge in [-0.2, -0.15) is 0 Å². The number of methoxy groups -OCH3 is 1. The number of hydrogen-bond donors (Lipinski definition) is 2. The molecule has 3 fully saturated rings. The first kappa shape index (κ1) is 29.6. The Balaban J connectivity index is 1.40. The number of para-hydroxylation sites is 2. The number of fused-ring (bicyclic) bond motifs is 4. The van der Waals surface area contributed by atoms with Crippen molar-refractivity contribution in [3.63, 3.8) is 0 Å². The van der Waals surface area contributed by atoms with Crippen molar-refractivity contribution in [2.75, 3.05) is 18.6 Å². The monoisotopic (exact) mass is 600 g/mol. The highest BCUT2D eigenvalue weighted by atomic mass is 16.5. The van der Waals surface area contributed by atoms with E-state index in [2.05, 4.69) is 0 Å². The van der Waals surface area contributed by atoms with E-state index in [0.717, 1.165) is 5.57 Å². The number of aromatic hydroxyl groups is 1. The molecule has 0 bridgehead atoms. The average Bonchev–Trinajstić information content (AvgIpc) is 3.37. The van der Waals surface area contributed by atoms with Crippen LogP contribution in [0.5, 0.6) is 11.5 Å². The molecule has 0 aromatic heterocycles. The predicted molar refractivity (Wildman–Crippen MR) is 159 cm³/mol. The van der Waals surface area contributed by atoms with Crippen LogP contribution in [0.25, 0.3) is 0 Å². The van der Waals surface area contributed by atoms with E-state index < -0.39 is 41.0 Å². The lowest BCUT2D eigenvalue weighted by Gasteiger charge is -2.49. The fraction of sp³-hybridized carbons (Fsp3) is 0.441. The number of imide groups is 2. The van der Waals surface area contributed by atoms with Gasteiger partial charge >= 0.3 is 5.97 Å². The summed E-state index contributed by atoms with van der Waals surface area (Å²) in [5.74, 6) is -5.31. The molecule has 2 aromatic rings. The minimum atomic E-state index is -1.26. The number of allylic oxidation sites excluding steroid dienone is 2. The summed E-state index contributed by atoms with van der Waals surface area (Å²) in [5.41, 5.74) is 0.424. The van der Waals surface area contributed by atoms with Crippen LogP contribution in [0.4, 0.5) is 5.69 Å². The summed E-state index contributed by atoms with van der Waals surface area (Å²) in [6.45, 7) is 1.99. The minimum absolute atomic E-state index is 0.0356. The van der Waals surface area contributed by atoms with Crippen molar-refractivity contribution in [2.45, 2.75) is 51.4 Å². The number of nitrogens with zero attached hydrogens (tertiary/aromatic N) is 2. The summed E-state index contributed by atoms with van der Waals surface area (Å²) in [5, 5.41) is 20.3. The second-order valence-electron chi connectivity index (χ2n) is 12.4. The number of likely N-dealkylation sites (tertiary alicyclic amines) is 1. The normalized spacial score (nSPS) is 29.3. The van der Waals surface area contributed by atoms with Gasteiger partial charge in [-0.05, 0) is 56.7 Å². The van der Waals surface area contributed by atoms with Crippen molar-refractivity contribution in [3.05, 3.63) is 65.7 Å². The van der Waals surface area contributed by atoms with Gasteiger partial charge in [0.15, 0.2) is 11.5 Å². The summed E-state index contributed by atoms with van der Waals surface area (Å²) in [6, 6.07) is 13.8. The zero-order valence-corrected chi connectivity index (χ0v) is 24.8. The molecule has 2 aromatic carbocycles. The molecule has 2 saturated heterocycles. The summed E-state index contributed by atoms with van der Waals surface area (Å²) < 4.78 is 5.41. The molecule has 1 saturated carbocycles. The maximum absolute atomic E-state index is 14.4. The highest BCUT2D eigenvalue weighted by molar-refractivity contribution is 6.24. The number of carbonyl (C=O) groups is 5. The predicted octanol–water partition coefficient (Wildman–Crippen LogP) is 4.28. The zero-order valence-electron chi connectivity index (χ0n) is 24.8. The topological polar surface area (TPSA) is 142 Å². The van der Waals surface area contributed by atoms with E-state index in [0.29, 0.717) is 36.9 Å². The number of anilines is 1. The Labute approximate surface area is 255 Å². The summed E-state index contributed by atoms with van der Waals surface area (Å²) in [4.78, 5) is 69.4. The van der Waals surface area contributed by atoms with Gasteiger partial charge in [-0.3, -0.25) is 28.9 Å². The number of benzene rings is 2. The quantitative estimate of drug-likeness (QED) is 0.247. The number of phenolic OH excluding ortho intramolecular Hbond substituents is 1. The third kappa shape index (κ3) is 4.41. The molecule has 2 aliphatic carbocycles. The van der Waals surface area contributed by atoms with Gasteiger partial charge in [0, 0.05) is 24.4 Å². The van der Waals surface area contributed by atoms with Gasteiger partial charge in [0.25, 0.3) is 0 Å². The number of hydrogen-bond acceptors (Lipinski definition) is 7. The number of unbranched alkanes of at least 4 members (excludes halogenated alkanes) is 2. The lowest BCUT2D eigenvalue weighted by atomic mass is 9.51. The van der Waals surface area contributed by atoms with Gasteiger partial charge in [-0.15, -0.1) is 0 Å². The van der Waals surface area contributed by atoms with Crippen molar-refractivity contribution in [1.82, 2.24) is 4.90 Å². The second kappa shape index (κ2) is 11.2. The van der Waals surface area contributed by atoms with Gasteiger partial charge in [0.05, 0.1) is 36.0 Å². The standard InChI is InChI=1S/C34H36N2O8/c1-34-24(31(41)36(33(34)43)19-10-5-3-6-11-19)18-23-20(28(34)22-12-9-13-25(44-2)29(22)39)15-16-21-27(23)32(42)35(30(21)40)17-8-4-7-14-26(37)38/h3,5-6,9-13,15,21,23-24,27-28,39H,4,7-8,14,16-18H2,1-2H3,(H,37,38). The van der Waals surface area contributed by atoms with E-state index in [1.807, 2.05) is 6.08 Å². The number of ether oxygens (including phenoxy) is 1. The highest BCUT2D eigenvalue weighted by Crippen LogP contribution is 2.64. The van der Waals surface area contributed by atoms with Gasteiger partial charge in [0.2, 0.25) is 23.6 Å². The van der Waals surface area contributed by atoms with Gasteiger partial charge < -0.3 is 14.9 Å². The molecule has 4 amide bonds. The molecule has 6 atom stereocenters. The fourth-order valence-corrected chi connectivity index (χ4v) is 8.13. The Morgan fingerprint density at radius 3 is 2.41 bits per heavy atom. The maximum atomic E-state index is 14.4. The minimum Gasteiger partial charge on any atom is -0.504 e. The molecule has 4 aliphatic rings. The number of phenols is 1. The maximum Gasteiger partial charge on any atom is 0.303 e. The zero-order chi connectivity index (χ0) is 31.3. The molecule has 0 radical (unpaired) electrons. The van der Waals surface area contributed by atoms with Crippen LogP contribution in [0.1, 0.15) is 56.9 Å². The van der Waals surface area contributed by atoms with Crippen LogP contribution in [0.3, 0.4) is 0 Å². The third-order valence-electron chi connectivity index (χ3n) is 10.2. The van der Waals surface area contributed by atoms with Crippen molar-refractivity contribution in [3.8, 4) is 11.5 Å². The third-order valence-corrected chi connectivity index (χ3v) is 10.2. The van der Waals surface area contributed by atoms with E-state index in [4.69, 9.17) is 9.84 Å². The molecule has 2 N–H and O–H groups in total. The molecule has 10 nitrogen and oxygen atoms in total. The van der Waals surface area contributed by atoms with Crippen molar-refractivity contribution in [2.24, 2.45) is 29.1 Å². The molecule has 6 rings (SSSR count). The molecule has 0 spiro atoms. The second-order valence-corrected chi connectivity index (χ2v) is 12.4. The van der Waals surface area contributed by atoms with Crippen LogP contribution in [0.2, 0.25) is 0 Å². The molecular formula is C34H36N2O8. The first-order valence-corrected chi connectivity index (χ1v) is 15.2. The lowest BCUT2D eigenvalue weighted by Crippen LogP contribution is -2.48. The van der Waals surface area contributed by atoms with Crippen molar-refractivity contribution in [1.29, 1.82) is 0 Å². The molecular weight excluding hydrogens is 564 g/mol. The van der Waals surface area contributed by atoms with Crippen molar-refractivity contribution >= 4 is 35.3 Å². The van der Waals surface area contributed by atoms with E-state index in [1.165, 1.54) is 16.9 Å². The molecule has 10 heteroatoms. The molecule has 6 unspecified atom stereocenters. The summed E-state index contributed by atoms with van der Waals surface area (Å²) in [7, 11) is 1.44. The first-order chi connectivity index (χ1) is 21.1. The number of carboxylic acids is 1. The van der Waals surface area contributed by atoms with E-state index in [9.17, 15) is 29.1 Å². The van der Waals surface area contributed by atoms with Crippen LogP contribution in [0.15, 0.2) is 60.2 Å². The Kier molecular flexibility index (Phi) is 7.55. The largest absolute Gasteiger partial charge is 0.504 e. The van der Waals surface area contributed by atoms with Gasteiger partial charge in [0.1, 0.15) is 0 Å². The van der Waals surface area contributed by atoms with E-state index in [-0.39, 0.29) is 54.5 Å². The molecule has 44 heavy (non-hydrogen) atoms. The van der Waals surface area contributed by atoms with Crippen LogP contribution >= 0.6 is 0 Å². The van der Waals surface area contributed by atoms with Crippen LogP contribution < -0.4 is 9.64 Å².